The Balaban J connectivity index is 2.66. The van der Waals surface area contributed by atoms with Gasteiger partial charge in [0.1, 0.15) is 0 Å². The van der Waals surface area contributed by atoms with Crippen LogP contribution in [0.25, 0.3) is 0 Å². The number of rotatable bonds is 3. The van der Waals surface area contributed by atoms with E-state index in [0.717, 1.165) is 12.1 Å². The van der Waals surface area contributed by atoms with Gasteiger partial charge in [-0.2, -0.15) is 0 Å². The van der Waals surface area contributed by atoms with Crippen molar-refractivity contribution in [2.45, 2.75) is 6.92 Å². The summed E-state index contributed by atoms with van der Waals surface area (Å²) in [5.74, 6) is -0.0210. The van der Waals surface area contributed by atoms with Crippen LogP contribution in [0.15, 0.2) is 24.3 Å². The normalized spacial score (nSPS) is 9.69. The number of hydrogen-bond acceptors (Lipinski definition) is 1. The first-order valence-electron chi connectivity index (χ1n) is 4.38. The molecule has 0 saturated heterocycles. The van der Waals surface area contributed by atoms with E-state index in [4.69, 9.17) is 0 Å². The van der Waals surface area contributed by atoms with Crippen molar-refractivity contribution in [3.8, 4) is 0 Å². The highest BCUT2D eigenvalue weighted by Gasteiger charge is 2.03. The molecule has 4 N–H and O–H groups in total. The van der Waals surface area contributed by atoms with E-state index in [9.17, 15) is 4.79 Å². The van der Waals surface area contributed by atoms with Gasteiger partial charge in [0.25, 0.3) is 5.91 Å². The average molecular weight is 179 g/mol. The molecule has 1 amide bonds. The lowest BCUT2D eigenvalue weighted by molar-refractivity contribution is -0.364. The smallest absolute Gasteiger partial charge is 0.251 e. The van der Waals surface area contributed by atoms with Crippen molar-refractivity contribution in [1.82, 2.24) is 5.32 Å². The Kier molecular flexibility index (Phi) is 3.46. The van der Waals surface area contributed by atoms with Gasteiger partial charge in [-0.3, -0.25) is 4.79 Å². The fourth-order valence-corrected chi connectivity index (χ4v) is 1.09. The zero-order valence-corrected chi connectivity index (χ0v) is 7.84. The summed E-state index contributed by atoms with van der Waals surface area (Å²) < 4.78 is 0. The molecule has 0 aliphatic rings. The van der Waals surface area contributed by atoms with E-state index in [1.54, 1.807) is 0 Å². The molecule has 70 valence electrons. The van der Waals surface area contributed by atoms with Gasteiger partial charge in [-0.05, 0) is 19.1 Å². The fourth-order valence-electron chi connectivity index (χ4n) is 1.09. The topological polar surface area (TPSA) is 56.7 Å². The number of benzene rings is 1. The van der Waals surface area contributed by atoms with Crippen molar-refractivity contribution >= 4 is 5.91 Å². The van der Waals surface area contributed by atoms with Crippen molar-refractivity contribution in [2.75, 3.05) is 13.1 Å². The third-order valence-corrected chi connectivity index (χ3v) is 1.74. The first kappa shape index (κ1) is 9.74. The van der Waals surface area contributed by atoms with Crippen molar-refractivity contribution < 1.29 is 10.5 Å². The second-order valence-corrected chi connectivity index (χ2v) is 2.98. The minimum Gasteiger partial charge on any atom is -0.356 e. The van der Waals surface area contributed by atoms with E-state index in [-0.39, 0.29) is 5.91 Å². The van der Waals surface area contributed by atoms with Crippen LogP contribution in [0.5, 0.6) is 0 Å². The van der Waals surface area contributed by atoms with Gasteiger partial charge in [0, 0.05) is 5.56 Å². The van der Waals surface area contributed by atoms with Gasteiger partial charge in [-0.25, -0.2) is 0 Å². The highest BCUT2D eigenvalue weighted by molar-refractivity contribution is 5.94. The molecule has 0 heterocycles. The van der Waals surface area contributed by atoms with Crippen LogP contribution in [0.3, 0.4) is 0 Å². The molecule has 0 aliphatic heterocycles. The molecule has 0 atom stereocenters. The molecule has 0 bridgehead atoms. The summed E-state index contributed by atoms with van der Waals surface area (Å²) in [7, 11) is 0. The summed E-state index contributed by atoms with van der Waals surface area (Å²) in [6.45, 7) is 3.32. The fraction of sp³-hybridized carbons (Fsp3) is 0.300. The number of aryl methyl sites for hydroxylation is 1. The van der Waals surface area contributed by atoms with Crippen LogP contribution in [0, 0.1) is 6.92 Å². The van der Waals surface area contributed by atoms with Crippen molar-refractivity contribution in [2.24, 2.45) is 0 Å². The van der Waals surface area contributed by atoms with Gasteiger partial charge in [-0.1, -0.05) is 17.7 Å². The molecule has 0 radical (unpaired) electrons. The SMILES string of the molecule is Cc1cccc(C(=O)NCC[NH3+])c1. The third-order valence-electron chi connectivity index (χ3n) is 1.74. The molecule has 1 rings (SSSR count). The number of quaternary nitrogens is 1. The second kappa shape index (κ2) is 4.62. The molecule has 0 unspecified atom stereocenters. The molecular formula is C10H15N2O+. The molecule has 0 aromatic heterocycles. The van der Waals surface area contributed by atoms with Crippen LogP contribution in [-0.4, -0.2) is 19.0 Å². The van der Waals surface area contributed by atoms with Crippen LogP contribution in [-0.2, 0) is 0 Å². The van der Waals surface area contributed by atoms with Gasteiger partial charge in [0.05, 0.1) is 13.1 Å². The highest BCUT2D eigenvalue weighted by atomic mass is 16.1. The molecule has 0 spiro atoms. The van der Waals surface area contributed by atoms with Gasteiger partial charge in [-0.15, -0.1) is 0 Å². The Bertz CT molecular complexity index is 297. The molecule has 0 aliphatic carbocycles. The summed E-state index contributed by atoms with van der Waals surface area (Å²) in [5.41, 5.74) is 5.47. The lowest BCUT2D eigenvalue weighted by atomic mass is 10.1. The maximum Gasteiger partial charge on any atom is 0.251 e. The Labute approximate surface area is 77.9 Å². The average Bonchev–Trinajstić information content (AvgIpc) is 2.14. The number of hydrogen-bond donors (Lipinski definition) is 2. The zero-order valence-electron chi connectivity index (χ0n) is 7.84. The lowest BCUT2D eigenvalue weighted by Gasteiger charge is -2.02. The van der Waals surface area contributed by atoms with Gasteiger partial charge >= 0.3 is 0 Å². The van der Waals surface area contributed by atoms with Crippen LogP contribution >= 0.6 is 0 Å². The number of nitrogens with one attached hydrogen (secondary N) is 1. The summed E-state index contributed by atoms with van der Waals surface area (Å²) in [5, 5.41) is 2.77. The standard InChI is InChI=1S/C10H14N2O/c1-8-3-2-4-9(7-8)10(13)12-6-5-11/h2-4,7H,5-6,11H2,1H3,(H,12,13)/p+1. The predicted molar refractivity (Wildman–Crippen MR) is 51.3 cm³/mol. The van der Waals surface area contributed by atoms with Gasteiger partial charge in [0.15, 0.2) is 0 Å². The Hall–Kier alpha value is -1.35. The zero-order chi connectivity index (χ0) is 9.68. The van der Waals surface area contributed by atoms with Crippen molar-refractivity contribution in [3.63, 3.8) is 0 Å². The predicted octanol–water partition coefficient (Wildman–Crippen LogP) is -0.0333. The summed E-state index contributed by atoms with van der Waals surface area (Å²) in [6.07, 6.45) is 0. The van der Waals surface area contributed by atoms with Crippen LogP contribution < -0.4 is 11.1 Å². The molecule has 0 saturated carbocycles. The Morgan fingerprint density at radius 1 is 1.54 bits per heavy atom. The van der Waals surface area contributed by atoms with Gasteiger partial charge < -0.3 is 11.1 Å². The van der Waals surface area contributed by atoms with E-state index in [1.807, 2.05) is 31.2 Å². The molecule has 0 fully saturated rings. The number of carbonyl (C=O) groups excluding carboxylic acids is 1. The van der Waals surface area contributed by atoms with E-state index in [1.165, 1.54) is 0 Å². The number of amides is 1. The molecule has 1 aromatic rings. The van der Waals surface area contributed by atoms with Crippen molar-refractivity contribution in [1.29, 1.82) is 0 Å². The van der Waals surface area contributed by atoms with Crippen LogP contribution in [0.1, 0.15) is 15.9 Å². The highest BCUT2D eigenvalue weighted by Crippen LogP contribution is 2.02. The molecule has 1 aromatic carbocycles. The summed E-state index contributed by atoms with van der Waals surface area (Å²) in [4.78, 5) is 11.4. The summed E-state index contributed by atoms with van der Waals surface area (Å²) >= 11 is 0. The maximum atomic E-state index is 11.4. The Morgan fingerprint density at radius 3 is 2.92 bits per heavy atom. The van der Waals surface area contributed by atoms with Gasteiger partial charge in [0.2, 0.25) is 0 Å². The third kappa shape index (κ3) is 2.87. The lowest BCUT2D eigenvalue weighted by Crippen LogP contribution is -2.54. The molecule has 3 heteroatoms. The van der Waals surface area contributed by atoms with Crippen LogP contribution in [0.4, 0.5) is 0 Å². The molecule has 3 nitrogen and oxygen atoms in total. The van der Waals surface area contributed by atoms with Crippen molar-refractivity contribution in [3.05, 3.63) is 35.4 Å². The quantitative estimate of drug-likeness (QED) is 0.672. The monoisotopic (exact) mass is 179 g/mol. The second-order valence-electron chi connectivity index (χ2n) is 2.98. The van der Waals surface area contributed by atoms with E-state index in [2.05, 4.69) is 11.1 Å². The molecular weight excluding hydrogens is 164 g/mol. The van der Waals surface area contributed by atoms with Crippen LogP contribution in [0.2, 0.25) is 0 Å². The number of carbonyl (C=O) groups is 1. The Morgan fingerprint density at radius 2 is 2.31 bits per heavy atom. The van der Waals surface area contributed by atoms with E-state index >= 15 is 0 Å². The largest absolute Gasteiger partial charge is 0.356 e. The first-order valence-corrected chi connectivity index (χ1v) is 4.38. The maximum absolute atomic E-state index is 11.4. The van der Waals surface area contributed by atoms with E-state index < -0.39 is 0 Å². The first-order chi connectivity index (χ1) is 6.24. The summed E-state index contributed by atoms with van der Waals surface area (Å²) in [6, 6.07) is 7.54. The van der Waals surface area contributed by atoms with E-state index in [0.29, 0.717) is 12.1 Å². The minimum absolute atomic E-state index is 0.0210. The minimum atomic E-state index is -0.0210. The molecule has 13 heavy (non-hydrogen) atoms.